The Morgan fingerprint density at radius 2 is 2.00 bits per heavy atom. The minimum Gasteiger partial charge on any atom is -0.493 e. The van der Waals surface area contributed by atoms with Crippen molar-refractivity contribution < 1.29 is 14.6 Å². The molecule has 0 aliphatic rings. The van der Waals surface area contributed by atoms with E-state index in [9.17, 15) is 5.11 Å². The molecule has 0 radical (unpaired) electrons. The van der Waals surface area contributed by atoms with E-state index in [-0.39, 0.29) is 6.04 Å². The minimum absolute atomic E-state index is 0.336. The van der Waals surface area contributed by atoms with Gasteiger partial charge in [-0.05, 0) is 12.5 Å². The van der Waals surface area contributed by atoms with E-state index in [0.29, 0.717) is 28.5 Å². The summed E-state index contributed by atoms with van der Waals surface area (Å²) in [5.41, 5.74) is 6.35. The lowest BCUT2D eigenvalue weighted by Crippen LogP contribution is -2.27. The molecule has 3 N–H and O–H groups in total. The van der Waals surface area contributed by atoms with Crippen molar-refractivity contribution in [2.75, 3.05) is 14.2 Å². The van der Waals surface area contributed by atoms with Gasteiger partial charge in [-0.15, -0.1) is 0 Å². The Hall–Kier alpha value is -0.970. The molecular weight excluding hydrogens is 242 g/mol. The van der Waals surface area contributed by atoms with E-state index < -0.39 is 6.10 Å². The molecule has 5 heteroatoms. The van der Waals surface area contributed by atoms with Crippen LogP contribution in [-0.2, 0) is 0 Å². The van der Waals surface area contributed by atoms with Gasteiger partial charge in [0.05, 0.1) is 25.3 Å². The van der Waals surface area contributed by atoms with E-state index in [1.54, 1.807) is 12.1 Å². The van der Waals surface area contributed by atoms with Gasteiger partial charge in [-0.3, -0.25) is 0 Å². The van der Waals surface area contributed by atoms with Gasteiger partial charge in [0.25, 0.3) is 0 Å². The highest BCUT2D eigenvalue weighted by Crippen LogP contribution is 2.40. The molecule has 0 spiro atoms. The van der Waals surface area contributed by atoms with Crippen LogP contribution in [0.15, 0.2) is 12.1 Å². The number of nitrogens with two attached hydrogens (primary N) is 1. The van der Waals surface area contributed by atoms with E-state index in [0.717, 1.165) is 0 Å². The maximum atomic E-state index is 10.0. The Morgan fingerprint density at radius 3 is 2.47 bits per heavy atom. The third-order valence-electron chi connectivity index (χ3n) is 2.71. The van der Waals surface area contributed by atoms with Crippen LogP contribution in [0.4, 0.5) is 0 Å². The van der Waals surface area contributed by atoms with Gasteiger partial charge >= 0.3 is 0 Å². The summed E-state index contributed by atoms with van der Waals surface area (Å²) in [6, 6.07) is 3.04. The van der Waals surface area contributed by atoms with Crippen LogP contribution in [-0.4, -0.2) is 25.4 Å². The fourth-order valence-corrected chi connectivity index (χ4v) is 1.93. The first-order chi connectivity index (χ1) is 8.06. The number of hydrogen-bond donors (Lipinski definition) is 2. The summed E-state index contributed by atoms with van der Waals surface area (Å²) >= 11 is 6.17. The molecule has 1 aromatic rings. The number of ether oxygens (including phenoxy) is 2. The highest BCUT2D eigenvalue weighted by Gasteiger charge is 2.22. The molecule has 1 aromatic carbocycles. The Kier molecular flexibility index (Phi) is 5.05. The molecule has 4 nitrogen and oxygen atoms in total. The standard InChI is InChI=1S/C12H18ClNO3/c1-4-8(14)11(15)7-5-6-9(16-2)12(17-3)10(7)13/h5-6,8,11,15H,4,14H2,1-3H3. The van der Waals surface area contributed by atoms with Crippen LogP contribution in [0.1, 0.15) is 25.0 Å². The van der Waals surface area contributed by atoms with Gasteiger partial charge in [-0.25, -0.2) is 0 Å². The second-order valence-electron chi connectivity index (χ2n) is 3.72. The predicted octanol–water partition coefficient (Wildman–Crippen LogP) is 2.13. The normalized spacial score (nSPS) is 14.2. The third-order valence-corrected chi connectivity index (χ3v) is 3.10. The summed E-state index contributed by atoms with van der Waals surface area (Å²) in [4.78, 5) is 0. The summed E-state index contributed by atoms with van der Waals surface area (Å²) in [7, 11) is 3.03. The lowest BCUT2D eigenvalue weighted by molar-refractivity contribution is 0.144. The van der Waals surface area contributed by atoms with Crippen molar-refractivity contribution in [3.63, 3.8) is 0 Å². The maximum absolute atomic E-state index is 10.0. The fraction of sp³-hybridized carbons (Fsp3) is 0.500. The summed E-state index contributed by atoms with van der Waals surface area (Å²) in [5, 5.41) is 10.4. The van der Waals surface area contributed by atoms with Crippen molar-refractivity contribution in [3.05, 3.63) is 22.7 Å². The number of rotatable bonds is 5. The predicted molar refractivity (Wildman–Crippen MR) is 67.8 cm³/mol. The van der Waals surface area contributed by atoms with Gasteiger partial charge in [-0.2, -0.15) is 0 Å². The molecule has 0 fully saturated rings. The molecule has 0 heterocycles. The van der Waals surface area contributed by atoms with Crippen LogP contribution < -0.4 is 15.2 Å². The van der Waals surface area contributed by atoms with E-state index in [4.69, 9.17) is 26.8 Å². The van der Waals surface area contributed by atoms with E-state index >= 15 is 0 Å². The van der Waals surface area contributed by atoms with Crippen molar-refractivity contribution in [3.8, 4) is 11.5 Å². The van der Waals surface area contributed by atoms with Crippen LogP contribution in [0, 0.1) is 0 Å². The first-order valence-corrected chi connectivity index (χ1v) is 5.78. The van der Waals surface area contributed by atoms with Crippen molar-refractivity contribution in [1.29, 1.82) is 0 Å². The number of hydrogen-bond acceptors (Lipinski definition) is 4. The summed E-state index contributed by atoms with van der Waals surface area (Å²) in [5.74, 6) is 0.938. The number of methoxy groups -OCH3 is 2. The highest BCUT2D eigenvalue weighted by atomic mass is 35.5. The second kappa shape index (κ2) is 6.10. The molecule has 1 rings (SSSR count). The zero-order chi connectivity index (χ0) is 13.0. The van der Waals surface area contributed by atoms with E-state index in [1.165, 1.54) is 14.2 Å². The largest absolute Gasteiger partial charge is 0.493 e. The van der Waals surface area contributed by atoms with Gasteiger partial charge in [-0.1, -0.05) is 24.6 Å². The van der Waals surface area contributed by atoms with Gasteiger partial charge in [0.2, 0.25) is 0 Å². The molecule has 0 saturated heterocycles. The number of aliphatic hydroxyl groups is 1. The molecule has 0 aliphatic carbocycles. The number of aliphatic hydroxyl groups excluding tert-OH is 1. The quantitative estimate of drug-likeness (QED) is 0.850. The summed E-state index contributed by atoms with van der Waals surface area (Å²) in [6.45, 7) is 1.91. The number of halogens is 1. The first kappa shape index (κ1) is 14.1. The molecule has 0 aromatic heterocycles. The molecule has 0 bridgehead atoms. The van der Waals surface area contributed by atoms with Crippen LogP contribution in [0.2, 0.25) is 5.02 Å². The Labute approximate surface area is 106 Å². The zero-order valence-corrected chi connectivity index (χ0v) is 11.0. The average Bonchev–Trinajstić information content (AvgIpc) is 2.36. The lowest BCUT2D eigenvalue weighted by atomic mass is 10.0. The molecule has 2 unspecified atom stereocenters. The SMILES string of the molecule is CCC(N)C(O)c1ccc(OC)c(OC)c1Cl. The van der Waals surface area contributed by atoms with E-state index in [2.05, 4.69) is 0 Å². The van der Waals surface area contributed by atoms with Gasteiger partial charge in [0.15, 0.2) is 11.5 Å². The monoisotopic (exact) mass is 259 g/mol. The van der Waals surface area contributed by atoms with E-state index in [1.807, 2.05) is 6.92 Å². The Balaban J connectivity index is 3.18. The average molecular weight is 260 g/mol. The Bertz CT molecular complexity index is 384. The summed E-state index contributed by atoms with van der Waals surface area (Å²) in [6.07, 6.45) is -0.154. The van der Waals surface area contributed by atoms with Gasteiger partial charge in [0.1, 0.15) is 0 Å². The van der Waals surface area contributed by atoms with Crippen LogP contribution >= 0.6 is 11.6 Å². The maximum Gasteiger partial charge on any atom is 0.179 e. The van der Waals surface area contributed by atoms with Crippen molar-refractivity contribution in [2.24, 2.45) is 5.73 Å². The van der Waals surface area contributed by atoms with Crippen LogP contribution in [0.25, 0.3) is 0 Å². The zero-order valence-electron chi connectivity index (χ0n) is 10.2. The molecule has 2 atom stereocenters. The topological polar surface area (TPSA) is 64.7 Å². The smallest absolute Gasteiger partial charge is 0.179 e. The molecule has 0 saturated carbocycles. The highest BCUT2D eigenvalue weighted by molar-refractivity contribution is 6.33. The van der Waals surface area contributed by atoms with Gasteiger partial charge < -0.3 is 20.3 Å². The molecule has 17 heavy (non-hydrogen) atoms. The molecule has 0 amide bonds. The van der Waals surface area contributed by atoms with Crippen LogP contribution in [0.3, 0.4) is 0 Å². The van der Waals surface area contributed by atoms with Crippen molar-refractivity contribution in [2.45, 2.75) is 25.5 Å². The molecule has 96 valence electrons. The summed E-state index contributed by atoms with van der Waals surface area (Å²) < 4.78 is 10.3. The number of benzene rings is 1. The third kappa shape index (κ3) is 2.83. The van der Waals surface area contributed by atoms with Crippen molar-refractivity contribution in [1.82, 2.24) is 0 Å². The minimum atomic E-state index is -0.813. The molecule has 0 aliphatic heterocycles. The Morgan fingerprint density at radius 1 is 1.35 bits per heavy atom. The van der Waals surface area contributed by atoms with Gasteiger partial charge in [0, 0.05) is 11.6 Å². The first-order valence-electron chi connectivity index (χ1n) is 5.40. The van der Waals surface area contributed by atoms with Crippen molar-refractivity contribution >= 4 is 11.6 Å². The fourth-order valence-electron chi connectivity index (χ4n) is 1.59. The second-order valence-corrected chi connectivity index (χ2v) is 4.10. The van der Waals surface area contributed by atoms with Crippen LogP contribution in [0.5, 0.6) is 11.5 Å². The lowest BCUT2D eigenvalue weighted by Gasteiger charge is -2.20. The molecular formula is C12H18ClNO3.